The maximum Gasteiger partial charge on any atom is 0.332 e. The van der Waals surface area contributed by atoms with Gasteiger partial charge in [0.2, 0.25) is 0 Å². The van der Waals surface area contributed by atoms with Gasteiger partial charge in [0, 0.05) is 31.4 Å². The van der Waals surface area contributed by atoms with Crippen molar-refractivity contribution in [3.05, 3.63) is 12.3 Å². The number of carbonyl (C=O) groups is 1. The normalized spacial score (nSPS) is 25.2. The molecule has 0 aliphatic carbocycles. The van der Waals surface area contributed by atoms with Crippen LogP contribution in [0.5, 0.6) is 0 Å². The smallest absolute Gasteiger partial charge is 0.332 e. The Kier molecular flexibility index (Phi) is 5.05. The average molecular weight is 252 g/mol. The zero-order valence-corrected chi connectivity index (χ0v) is 11.3. The first-order chi connectivity index (χ1) is 8.79. The SMILES string of the molecule is CCOC(=O)/C=C/N1CCC[C@H]1CN1CCCC1. The van der Waals surface area contributed by atoms with E-state index in [4.69, 9.17) is 4.74 Å². The molecule has 0 saturated carbocycles. The van der Waals surface area contributed by atoms with Crippen LogP contribution in [0, 0.1) is 0 Å². The Bertz CT molecular complexity index is 298. The molecular weight excluding hydrogens is 228 g/mol. The first kappa shape index (κ1) is 13.4. The predicted molar refractivity (Wildman–Crippen MR) is 71.2 cm³/mol. The number of rotatable bonds is 5. The monoisotopic (exact) mass is 252 g/mol. The van der Waals surface area contributed by atoms with Crippen LogP contribution in [0.2, 0.25) is 0 Å². The number of nitrogens with zero attached hydrogens (tertiary/aromatic N) is 2. The largest absolute Gasteiger partial charge is 0.463 e. The fraction of sp³-hybridized carbons (Fsp3) is 0.786. The summed E-state index contributed by atoms with van der Waals surface area (Å²) >= 11 is 0. The van der Waals surface area contributed by atoms with E-state index >= 15 is 0 Å². The summed E-state index contributed by atoms with van der Waals surface area (Å²) in [6.07, 6.45) is 8.63. The summed E-state index contributed by atoms with van der Waals surface area (Å²) in [5, 5.41) is 0. The van der Waals surface area contributed by atoms with Crippen LogP contribution < -0.4 is 0 Å². The topological polar surface area (TPSA) is 32.8 Å². The van der Waals surface area contributed by atoms with Gasteiger partial charge in [-0.2, -0.15) is 0 Å². The van der Waals surface area contributed by atoms with Gasteiger partial charge in [0.15, 0.2) is 0 Å². The molecule has 2 aliphatic rings. The number of carbonyl (C=O) groups excluding carboxylic acids is 1. The molecule has 2 heterocycles. The standard InChI is InChI=1S/C14H24N2O2/c1-2-18-14(17)7-11-16-10-5-6-13(16)12-15-8-3-4-9-15/h7,11,13H,2-6,8-10,12H2,1H3/b11-7+/t13-/m0/s1. The van der Waals surface area contributed by atoms with Crippen molar-refractivity contribution in [3.63, 3.8) is 0 Å². The second-order valence-electron chi connectivity index (χ2n) is 5.11. The molecular formula is C14H24N2O2. The van der Waals surface area contributed by atoms with Crippen molar-refractivity contribution >= 4 is 5.97 Å². The molecule has 0 N–H and O–H groups in total. The summed E-state index contributed by atoms with van der Waals surface area (Å²) < 4.78 is 4.91. The van der Waals surface area contributed by atoms with Gasteiger partial charge in [0.05, 0.1) is 6.61 Å². The molecule has 0 aromatic rings. The summed E-state index contributed by atoms with van der Waals surface area (Å²) in [6.45, 7) is 6.97. The van der Waals surface area contributed by atoms with Gasteiger partial charge >= 0.3 is 5.97 Å². The summed E-state index contributed by atoms with van der Waals surface area (Å²) in [4.78, 5) is 16.1. The zero-order chi connectivity index (χ0) is 12.8. The van der Waals surface area contributed by atoms with Crippen molar-refractivity contribution in [1.82, 2.24) is 9.80 Å². The van der Waals surface area contributed by atoms with Crippen LogP contribution in [0.4, 0.5) is 0 Å². The molecule has 0 amide bonds. The van der Waals surface area contributed by atoms with Crippen molar-refractivity contribution in [2.75, 3.05) is 32.8 Å². The van der Waals surface area contributed by atoms with Crippen molar-refractivity contribution in [2.45, 2.75) is 38.6 Å². The first-order valence-electron chi connectivity index (χ1n) is 7.12. The Hall–Kier alpha value is -1.03. The highest BCUT2D eigenvalue weighted by molar-refractivity contribution is 5.81. The lowest BCUT2D eigenvalue weighted by molar-refractivity contribution is -0.137. The molecule has 0 bridgehead atoms. The van der Waals surface area contributed by atoms with Gasteiger partial charge in [-0.05, 0) is 45.7 Å². The van der Waals surface area contributed by atoms with Gasteiger partial charge in [0.1, 0.15) is 0 Å². The van der Waals surface area contributed by atoms with Crippen LogP contribution in [0.15, 0.2) is 12.3 Å². The molecule has 0 unspecified atom stereocenters. The highest BCUT2D eigenvalue weighted by Gasteiger charge is 2.25. The van der Waals surface area contributed by atoms with E-state index in [2.05, 4.69) is 9.80 Å². The van der Waals surface area contributed by atoms with E-state index in [0.717, 1.165) is 13.1 Å². The lowest BCUT2D eigenvalue weighted by Gasteiger charge is -2.27. The van der Waals surface area contributed by atoms with Gasteiger partial charge in [-0.15, -0.1) is 0 Å². The molecule has 0 radical (unpaired) electrons. The van der Waals surface area contributed by atoms with Crippen LogP contribution in [0.1, 0.15) is 32.6 Å². The third-order valence-electron chi connectivity index (χ3n) is 3.78. The number of likely N-dealkylation sites (tertiary alicyclic amines) is 2. The number of hydrogen-bond acceptors (Lipinski definition) is 4. The molecule has 2 saturated heterocycles. The van der Waals surface area contributed by atoms with E-state index in [1.54, 1.807) is 6.08 Å². The van der Waals surface area contributed by atoms with E-state index in [0.29, 0.717) is 12.6 Å². The fourth-order valence-corrected chi connectivity index (χ4v) is 2.86. The Morgan fingerprint density at radius 3 is 2.78 bits per heavy atom. The minimum Gasteiger partial charge on any atom is -0.463 e. The van der Waals surface area contributed by atoms with Gasteiger partial charge in [-0.1, -0.05) is 0 Å². The molecule has 2 fully saturated rings. The third-order valence-corrected chi connectivity index (χ3v) is 3.78. The molecule has 0 aromatic carbocycles. The molecule has 2 aliphatic heterocycles. The van der Waals surface area contributed by atoms with E-state index in [1.807, 2.05) is 13.1 Å². The second kappa shape index (κ2) is 6.78. The minimum absolute atomic E-state index is 0.232. The fourth-order valence-electron chi connectivity index (χ4n) is 2.86. The summed E-state index contributed by atoms with van der Waals surface area (Å²) in [5.74, 6) is -0.232. The first-order valence-corrected chi connectivity index (χ1v) is 7.12. The summed E-state index contributed by atoms with van der Waals surface area (Å²) in [7, 11) is 0. The van der Waals surface area contributed by atoms with Crippen molar-refractivity contribution in [2.24, 2.45) is 0 Å². The van der Waals surface area contributed by atoms with E-state index in [9.17, 15) is 4.79 Å². The van der Waals surface area contributed by atoms with E-state index < -0.39 is 0 Å². The average Bonchev–Trinajstić information content (AvgIpc) is 2.99. The zero-order valence-electron chi connectivity index (χ0n) is 11.3. The molecule has 4 heteroatoms. The quantitative estimate of drug-likeness (QED) is 0.550. The van der Waals surface area contributed by atoms with Gasteiger partial charge < -0.3 is 14.5 Å². The van der Waals surface area contributed by atoms with Crippen LogP contribution in [-0.2, 0) is 9.53 Å². The molecule has 4 nitrogen and oxygen atoms in total. The highest BCUT2D eigenvalue weighted by Crippen LogP contribution is 2.20. The lowest BCUT2D eigenvalue weighted by atomic mass is 10.2. The van der Waals surface area contributed by atoms with Crippen LogP contribution >= 0.6 is 0 Å². The van der Waals surface area contributed by atoms with E-state index in [1.165, 1.54) is 38.8 Å². The number of esters is 1. The second-order valence-corrected chi connectivity index (χ2v) is 5.11. The molecule has 1 atom stereocenters. The lowest BCUT2D eigenvalue weighted by Crippen LogP contribution is -2.36. The summed E-state index contributed by atoms with van der Waals surface area (Å²) in [6, 6.07) is 0.578. The van der Waals surface area contributed by atoms with Crippen LogP contribution in [0.3, 0.4) is 0 Å². The van der Waals surface area contributed by atoms with Gasteiger partial charge in [0.25, 0.3) is 0 Å². The Morgan fingerprint density at radius 2 is 2.06 bits per heavy atom. The molecule has 18 heavy (non-hydrogen) atoms. The Labute approximate surface area is 110 Å². The van der Waals surface area contributed by atoms with Crippen LogP contribution in [-0.4, -0.2) is 54.6 Å². The van der Waals surface area contributed by atoms with Crippen molar-refractivity contribution < 1.29 is 9.53 Å². The van der Waals surface area contributed by atoms with Crippen molar-refractivity contribution in [1.29, 1.82) is 0 Å². The van der Waals surface area contributed by atoms with Gasteiger partial charge in [-0.25, -0.2) is 4.79 Å². The predicted octanol–water partition coefficient (Wildman–Crippen LogP) is 1.62. The maximum absolute atomic E-state index is 11.3. The molecule has 2 rings (SSSR count). The highest BCUT2D eigenvalue weighted by atomic mass is 16.5. The number of ether oxygens (including phenoxy) is 1. The molecule has 102 valence electrons. The molecule has 0 aromatic heterocycles. The summed E-state index contributed by atoms with van der Waals surface area (Å²) in [5.41, 5.74) is 0. The Morgan fingerprint density at radius 1 is 1.28 bits per heavy atom. The number of hydrogen-bond donors (Lipinski definition) is 0. The van der Waals surface area contributed by atoms with Crippen molar-refractivity contribution in [3.8, 4) is 0 Å². The van der Waals surface area contributed by atoms with Crippen LogP contribution in [0.25, 0.3) is 0 Å². The Balaban J connectivity index is 1.81. The van der Waals surface area contributed by atoms with Gasteiger partial charge in [-0.3, -0.25) is 0 Å². The minimum atomic E-state index is -0.232. The van der Waals surface area contributed by atoms with E-state index in [-0.39, 0.29) is 5.97 Å². The maximum atomic E-state index is 11.3. The molecule has 0 spiro atoms. The third kappa shape index (κ3) is 3.73.